The van der Waals surface area contributed by atoms with Gasteiger partial charge in [-0.15, -0.1) is 0 Å². The molecule has 2 aromatic carbocycles. The van der Waals surface area contributed by atoms with E-state index in [1.165, 1.54) is 0 Å². The van der Waals surface area contributed by atoms with E-state index >= 15 is 0 Å². The number of nitrogens with zero attached hydrogens (tertiary/aromatic N) is 2. The molecule has 0 aliphatic heterocycles. The summed E-state index contributed by atoms with van der Waals surface area (Å²) in [5.74, 6) is 0.111. The van der Waals surface area contributed by atoms with E-state index in [4.69, 9.17) is 27.0 Å². The summed E-state index contributed by atoms with van der Waals surface area (Å²) < 4.78 is 10.6. The first kappa shape index (κ1) is 21.4. The lowest BCUT2D eigenvalue weighted by molar-refractivity contribution is 0.0965. The van der Waals surface area contributed by atoms with Crippen molar-refractivity contribution < 1.29 is 14.3 Å². The van der Waals surface area contributed by atoms with Crippen molar-refractivity contribution in [3.05, 3.63) is 65.7 Å². The number of thiocarbonyl (C=S) groups is 1. The molecule has 0 aromatic heterocycles. The normalized spacial score (nSPS) is 10.0. The molecule has 0 unspecified atom stereocenters. The second-order valence-corrected chi connectivity index (χ2v) is 6.30. The van der Waals surface area contributed by atoms with Gasteiger partial charge in [-0.05, 0) is 29.9 Å². The molecule has 0 atom stereocenters. The van der Waals surface area contributed by atoms with Gasteiger partial charge in [0.2, 0.25) is 0 Å². The van der Waals surface area contributed by atoms with Crippen molar-refractivity contribution in [1.29, 1.82) is 5.26 Å². The lowest BCUT2D eigenvalue weighted by Crippen LogP contribution is -2.42. The molecule has 0 aliphatic carbocycles. The van der Waals surface area contributed by atoms with Gasteiger partial charge in [-0.3, -0.25) is 10.1 Å². The summed E-state index contributed by atoms with van der Waals surface area (Å²) in [6.45, 7) is 1.70. The number of para-hydroxylation sites is 1. The fourth-order valence-corrected chi connectivity index (χ4v) is 2.75. The van der Waals surface area contributed by atoms with Crippen LogP contribution in [0.4, 0.5) is 0 Å². The van der Waals surface area contributed by atoms with Gasteiger partial charge in [-0.2, -0.15) is 5.26 Å². The maximum absolute atomic E-state index is 12.7. The Bertz CT molecular complexity index is 821. The Hall–Kier alpha value is -2.95. The van der Waals surface area contributed by atoms with Crippen molar-refractivity contribution in [2.24, 2.45) is 0 Å². The molecule has 0 fully saturated rings. The molecule has 2 aromatic rings. The van der Waals surface area contributed by atoms with Crippen molar-refractivity contribution in [2.45, 2.75) is 13.0 Å². The number of ether oxygens (including phenoxy) is 2. The third kappa shape index (κ3) is 6.65. The first-order valence-electron chi connectivity index (χ1n) is 8.87. The molecule has 0 radical (unpaired) electrons. The number of benzene rings is 2. The van der Waals surface area contributed by atoms with Crippen LogP contribution in [0.25, 0.3) is 0 Å². The smallest absolute Gasteiger partial charge is 0.261 e. The molecule has 0 aliphatic rings. The average molecular weight is 398 g/mol. The zero-order valence-corrected chi connectivity index (χ0v) is 16.6. The summed E-state index contributed by atoms with van der Waals surface area (Å²) in [6.07, 6.45) is 0.305. The third-order valence-corrected chi connectivity index (χ3v) is 4.25. The third-order valence-electron chi connectivity index (χ3n) is 3.89. The fourth-order valence-electron chi connectivity index (χ4n) is 2.50. The molecule has 28 heavy (non-hydrogen) atoms. The highest BCUT2D eigenvalue weighted by Gasteiger charge is 2.17. The number of carbonyl (C=O) groups excluding carboxylic acids is 1. The molecule has 0 saturated carbocycles. The van der Waals surface area contributed by atoms with Crippen LogP contribution in [0, 0.1) is 11.3 Å². The zero-order valence-electron chi connectivity index (χ0n) is 15.8. The van der Waals surface area contributed by atoms with E-state index in [-0.39, 0.29) is 11.0 Å². The summed E-state index contributed by atoms with van der Waals surface area (Å²) in [4.78, 5) is 14.5. The molecule has 1 N–H and O–H groups in total. The van der Waals surface area contributed by atoms with Crippen LogP contribution in [-0.2, 0) is 11.3 Å². The van der Waals surface area contributed by atoms with Gasteiger partial charge in [0.1, 0.15) is 12.4 Å². The van der Waals surface area contributed by atoms with Crippen molar-refractivity contribution >= 4 is 23.2 Å². The number of nitrogens with one attached hydrogen (secondary N) is 1. The average Bonchev–Trinajstić information content (AvgIpc) is 2.72. The van der Waals surface area contributed by atoms with Gasteiger partial charge < -0.3 is 14.4 Å². The predicted molar refractivity (Wildman–Crippen MR) is 111 cm³/mol. The van der Waals surface area contributed by atoms with Gasteiger partial charge in [-0.25, -0.2) is 0 Å². The lowest BCUT2D eigenvalue weighted by Gasteiger charge is -2.25. The Balaban J connectivity index is 2.07. The van der Waals surface area contributed by atoms with Crippen LogP contribution in [-0.4, -0.2) is 42.8 Å². The Morgan fingerprint density at radius 1 is 1.14 bits per heavy atom. The van der Waals surface area contributed by atoms with E-state index in [2.05, 4.69) is 11.4 Å². The van der Waals surface area contributed by atoms with Crippen LogP contribution in [0.3, 0.4) is 0 Å². The largest absolute Gasteiger partial charge is 0.490 e. The summed E-state index contributed by atoms with van der Waals surface area (Å²) in [6, 6.07) is 18.8. The maximum atomic E-state index is 12.7. The van der Waals surface area contributed by atoms with Crippen LogP contribution < -0.4 is 10.1 Å². The molecule has 146 valence electrons. The second kappa shape index (κ2) is 11.7. The minimum Gasteiger partial charge on any atom is -0.490 e. The number of hydrogen-bond donors (Lipinski definition) is 1. The van der Waals surface area contributed by atoms with Gasteiger partial charge in [-0.1, -0.05) is 42.5 Å². The molecule has 0 spiro atoms. The number of rotatable bonds is 9. The van der Waals surface area contributed by atoms with Gasteiger partial charge in [0.05, 0.1) is 24.7 Å². The Labute approximate surface area is 170 Å². The van der Waals surface area contributed by atoms with E-state index in [9.17, 15) is 4.79 Å². The SMILES string of the molecule is COCCOc1ccccc1C(=O)NC(=S)N(CCC#N)Cc1ccccc1. The zero-order chi connectivity index (χ0) is 20.2. The Morgan fingerprint density at radius 2 is 1.86 bits per heavy atom. The number of amides is 1. The summed E-state index contributed by atoms with van der Waals surface area (Å²) >= 11 is 5.44. The Kier molecular flexibility index (Phi) is 8.92. The quantitative estimate of drug-likeness (QED) is 0.518. The monoisotopic (exact) mass is 397 g/mol. The molecule has 2 rings (SSSR count). The molecule has 0 bridgehead atoms. The van der Waals surface area contributed by atoms with Crippen molar-refractivity contribution in [2.75, 3.05) is 26.9 Å². The van der Waals surface area contributed by atoms with Crippen LogP contribution in [0.1, 0.15) is 22.3 Å². The maximum Gasteiger partial charge on any atom is 0.261 e. The number of methoxy groups -OCH3 is 1. The highest BCUT2D eigenvalue weighted by molar-refractivity contribution is 7.80. The standard InChI is InChI=1S/C21H23N3O3S/c1-26-14-15-27-19-11-6-5-10-18(19)20(25)23-21(28)24(13-7-12-22)16-17-8-3-2-4-9-17/h2-6,8-11H,7,13-16H2,1H3,(H,23,25,28). The Morgan fingerprint density at radius 3 is 2.57 bits per heavy atom. The van der Waals surface area contributed by atoms with Crippen molar-refractivity contribution in [3.8, 4) is 11.8 Å². The van der Waals surface area contributed by atoms with E-state index in [1.807, 2.05) is 30.3 Å². The molecule has 7 heteroatoms. The van der Waals surface area contributed by atoms with Crippen molar-refractivity contribution in [1.82, 2.24) is 10.2 Å². The number of hydrogen-bond acceptors (Lipinski definition) is 5. The fraction of sp³-hybridized carbons (Fsp3) is 0.286. The molecular weight excluding hydrogens is 374 g/mol. The molecule has 0 heterocycles. The number of nitriles is 1. The summed E-state index contributed by atoms with van der Waals surface area (Å²) in [7, 11) is 1.59. The van der Waals surface area contributed by atoms with Crippen LogP contribution >= 0.6 is 12.2 Å². The van der Waals surface area contributed by atoms with Gasteiger partial charge in [0.25, 0.3) is 5.91 Å². The van der Waals surface area contributed by atoms with E-state index in [1.54, 1.807) is 36.3 Å². The molecule has 1 amide bonds. The highest BCUT2D eigenvalue weighted by atomic mass is 32.1. The van der Waals surface area contributed by atoms with Crippen LogP contribution in [0.2, 0.25) is 0 Å². The number of carbonyl (C=O) groups is 1. The first-order chi connectivity index (χ1) is 13.7. The van der Waals surface area contributed by atoms with Crippen LogP contribution in [0.5, 0.6) is 5.75 Å². The van der Waals surface area contributed by atoms with Gasteiger partial charge in [0, 0.05) is 20.2 Å². The first-order valence-corrected chi connectivity index (χ1v) is 9.28. The summed E-state index contributed by atoms with van der Waals surface area (Å²) in [5, 5.41) is 12.0. The minimum atomic E-state index is -0.354. The topological polar surface area (TPSA) is 74.6 Å². The molecule has 0 saturated heterocycles. The summed E-state index contributed by atoms with van der Waals surface area (Å²) in [5.41, 5.74) is 1.43. The van der Waals surface area contributed by atoms with Gasteiger partial charge >= 0.3 is 0 Å². The van der Waals surface area contributed by atoms with Crippen LogP contribution in [0.15, 0.2) is 54.6 Å². The second-order valence-electron chi connectivity index (χ2n) is 5.91. The molecule has 6 nitrogen and oxygen atoms in total. The van der Waals surface area contributed by atoms with Crippen molar-refractivity contribution in [3.63, 3.8) is 0 Å². The van der Waals surface area contributed by atoms with E-state index in [0.717, 1.165) is 5.56 Å². The van der Waals surface area contributed by atoms with E-state index in [0.29, 0.717) is 44.0 Å². The predicted octanol–water partition coefficient (Wildman–Crippen LogP) is 3.14. The van der Waals surface area contributed by atoms with E-state index < -0.39 is 0 Å². The lowest BCUT2D eigenvalue weighted by atomic mass is 10.2. The molecular formula is C21H23N3O3S. The van der Waals surface area contributed by atoms with Gasteiger partial charge in [0.15, 0.2) is 5.11 Å². The highest BCUT2D eigenvalue weighted by Crippen LogP contribution is 2.18. The minimum absolute atomic E-state index is 0.274.